The van der Waals surface area contributed by atoms with E-state index in [1.54, 1.807) is 35.9 Å². The van der Waals surface area contributed by atoms with Gasteiger partial charge in [-0.1, -0.05) is 0 Å². The molecule has 0 bridgehead atoms. The van der Waals surface area contributed by atoms with Crippen molar-refractivity contribution in [1.82, 2.24) is 4.57 Å². The van der Waals surface area contributed by atoms with Gasteiger partial charge in [0.1, 0.15) is 17.1 Å². The van der Waals surface area contributed by atoms with E-state index >= 15 is 0 Å². The first-order chi connectivity index (χ1) is 16.4. The van der Waals surface area contributed by atoms with Gasteiger partial charge in [-0.3, -0.25) is 9.59 Å². The second kappa shape index (κ2) is 9.27. The smallest absolute Gasteiger partial charge is 0.263 e. The molecule has 4 rings (SSSR count). The van der Waals surface area contributed by atoms with Crippen molar-refractivity contribution in [2.45, 2.75) is 0 Å². The lowest BCUT2D eigenvalue weighted by molar-refractivity contribution is 0.0991. The number of amides is 1. The molecule has 4 aromatic rings. The number of fused-ring (bicyclic) bond motifs is 1. The molecule has 0 unspecified atom stereocenters. The Morgan fingerprint density at radius 1 is 0.882 bits per heavy atom. The Morgan fingerprint density at radius 2 is 1.50 bits per heavy atom. The fourth-order valence-corrected chi connectivity index (χ4v) is 3.72. The lowest BCUT2D eigenvalue weighted by Gasteiger charge is -2.20. The number of halogens is 1. The Morgan fingerprint density at radius 3 is 2.09 bits per heavy atom. The fourth-order valence-electron chi connectivity index (χ4n) is 3.72. The van der Waals surface area contributed by atoms with Crippen molar-refractivity contribution in [1.29, 1.82) is 0 Å². The zero-order chi connectivity index (χ0) is 24.4. The third-order valence-electron chi connectivity index (χ3n) is 5.61. The van der Waals surface area contributed by atoms with Crippen molar-refractivity contribution in [3.05, 3.63) is 88.5 Å². The maximum atomic E-state index is 13.5. The van der Waals surface area contributed by atoms with Crippen molar-refractivity contribution >= 4 is 22.5 Å². The minimum absolute atomic E-state index is 0.0534. The van der Waals surface area contributed by atoms with E-state index < -0.39 is 17.2 Å². The zero-order valence-corrected chi connectivity index (χ0v) is 19.2. The molecular weight excluding hydrogens is 439 g/mol. The van der Waals surface area contributed by atoms with Gasteiger partial charge < -0.3 is 23.7 Å². The third kappa shape index (κ3) is 4.05. The number of benzene rings is 3. The Labute approximate surface area is 195 Å². The van der Waals surface area contributed by atoms with Crippen LogP contribution in [0.3, 0.4) is 0 Å². The molecule has 174 valence electrons. The Kier molecular flexibility index (Phi) is 6.23. The highest BCUT2D eigenvalue weighted by atomic mass is 19.1. The highest BCUT2D eigenvalue weighted by molar-refractivity contribution is 6.07. The number of aromatic nitrogens is 1. The summed E-state index contributed by atoms with van der Waals surface area (Å²) in [4.78, 5) is 28.2. The molecule has 7 nitrogen and oxygen atoms in total. The van der Waals surface area contributed by atoms with E-state index in [4.69, 9.17) is 14.2 Å². The molecule has 0 saturated heterocycles. The zero-order valence-electron chi connectivity index (χ0n) is 19.2. The van der Waals surface area contributed by atoms with Gasteiger partial charge in [0.25, 0.3) is 5.91 Å². The molecule has 0 aliphatic carbocycles. The molecule has 0 N–H and O–H groups in total. The highest BCUT2D eigenvalue weighted by Gasteiger charge is 2.22. The van der Waals surface area contributed by atoms with Gasteiger partial charge in [0.15, 0.2) is 11.5 Å². The Bertz CT molecular complexity index is 1410. The standard InChI is InChI=1S/C26H23FN2O5/c1-28(17-7-5-16(27)6-8-17)26(31)21-15-29(18-9-11-19(32-2)12-10-18)22-14-24(34-4)23(33-3)13-20(22)25(21)30/h5-15H,1-4H3. The molecule has 0 aliphatic rings. The maximum absolute atomic E-state index is 13.5. The molecule has 0 atom stereocenters. The summed E-state index contributed by atoms with van der Waals surface area (Å²) in [5, 5.41) is 0.284. The van der Waals surface area contributed by atoms with Crippen LogP contribution in [0.1, 0.15) is 10.4 Å². The van der Waals surface area contributed by atoms with Crippen LogP contribution in [-0.4, -0.2) is 38.9 Å². The molecule has 0 fully saturated rings. The first kappa shape index (κ1) is 22.8. The molecule has 8 heteroatoms. The minimum Gasteiger partial charge on any atom is -0.497 e. The number of carbonyl (C=O) groups excluding carboxylic acids is 1. The van der Waals surface area contributed by atoms with E-state index in [0.717, 1.165) is 0 Å². The summed E-state index contributed by atoms with van der Waals surface area (Å²) in [6.45, 7) is 0. The molecule has 0 saturated carbocycles. The molecule has 1 heterocycles. The Hall–Kier alpha value is -4.33. The number of rotatable bonds is 6. The molecular formula is C26H23FN2O5. The highest BCUT2D eigenvalue weighted by Crippen LogP contribution is 2.32. The van der Waals surface area contributed by atoms with Gasteiger partial charge in [-0.05, 0) is 54.6 Å². The summed E-state index contributed by atoms with van der Waals surface area (Å²) in [6, 6.07) is 15.9. The average Bonchev–Trinajstić information content (AvgIpc) is 2.88. The van der Waals surface area contributed by atoms with Gasteiger partial charge in [0.2, 0.25) is 5.43 Å². The molecule has 0 radical (unpaired) electrons. The number of pyridine rings is 1. The third-order valence-corrected chi connectivity index (χ3v) is 5.61. The average molecular weight is 462 g/mol. The van der Waals surface area contributed by atoms with Gasteiger partial charge in [-0.2, -0.15) is 0 Å². The van der Waals surface area contributed by atoms with Crippen LogP contribution in [0.15, 0.2) is 71.7 Å². The summed E-state index contributed by atoms with van der Waals surface area (Å²) in [5.41, 5.74) is 1.18. The quantitative estimate of drug-likeness (QED) is 0.424. The maximum Gasteiger partial charge on any atom is 0.263 e. The second-order valence-corrected chi connectivity index (χ2v) is 7.50. The van der Waals surface area contributed by atoms with Gasteiger partial charge in [-0.15, -0.1) is 0 Å². The molecule has 3 aromatic carbocycles. The number of carbonyl (C=O) groups is 1. The number of ether oxygens (including phenoxy) is 3. The monoisotopic (exact) mass is 462 g/mol. The SMILES string of the molecule is COc1ccc(-n2cc(C(=O)N(C)c3ccc(F)cc3)c(=O)c3cc(OC)c(OC)cc32)cc1. The van der Waals surface area contributed by atoms with Crippen LogP contribution in [0.5, 0.6) is 17.2 Å². The topological polar surface area (TPSA) is 70.0 Å². The van der Waals surface area contributed by atoms with E-state index in [1.807, 2.05) is 12.1 Å². The normalized spacial score (nSPS) is 10.7. The molecule has 0 aliphatic heterocycles. The number of anilines is 1. The fraction of sp³-hybridized carbons (Fsp3) is 0.154. The summed E-state index contributed by atoms with van der Waals surface area (Å²) in [6.07, 6.45) is 1.50. The van der Waals surface area contributed by atoms with Crippen molar-refractivity contribution < 1.29 is 23.4 Å². The van der Waals surface area contributed by atoms with Gasteiger partial charge in [0, 0.05) is 30.7 Å². The van der Waals surface area contributed by atoms with E-state index in [9.17, 15) is 14.0 Å². The van der Waals surface area contributed by atoms with E-state index in [2.05, 4.69) is 0 Å². The summed E-state index contributed by atoms with van der Waals surface area (Å²) >= 11 is 0. The van der Waals surface area contributed by atoms with Crippen LogP contribution in [-0.2, 0) is 0 Å². The summed E-state index contributed by atoms with van der Waals surface area (Å²) < 4.78 is 31.2. The largest absolute Gasteiger partial charge is 0.497 e. The van der Waals surface area contributed by atoms with Crippen molar-refractivity contribution in [2.75, 3.05) is 33.3 Å². The lowest BCUT2D eigenvalue weighted by Crippen LogP contribution is -2.31. The van der Waals surface area contributed by atoms with Crippen LogP contribution in [0, 0.1) is 5.82 Å². The van der Waals surface area contributed by atoms with E-state index in [-0.39, 0.29) is 10.9 Å². The number of hydrogen-bond acceptors (Lipinski definition) is 5. The number of methoxy groups -OCH3 is 3. The van der Waals surface area contributed by atoms with Crippen molar-refractivity contribution in [2.24, 2.45) is 0 Å². The van der Waals surface area contributed by atoms with E-state index in [1.165, 1.54) is 56.6 Å². The predicted molar refractivity (Wildman–Crippen MR) is 128 cm³/mol. The number of nitrogens with zero attached hydrogens (tertiary/aromatic N) is 2. The summed E-state index contributed by atoms with van der Waals surface area (Å²) in [7, 11) is 6.09. The van der Waals surface area contributed by atoms with Crippen LogP contribution in [0.4, 0.5) is 10.1 Å². The number of hydrogen-bond donors (Lipinski definition) is 0. The van der Waals surface area contributed by atoms with Crippen LogP contribution >= 0.6 is 0 Å². The first-order valence-corrected chi connectivity index (χ1v) is 10.4. The minimum atomic E-state index is -0.532. The van der Waals surface area contributed by atoms with Crippen LogP contribution < -0.4 is 24.5 Å². The van der Waals surface area contributed by atoms with Gasteiger partial charge >= 0.3 is 0 Å². The van der Waals surface area contributed by atoms with Gasteiger partial charge in [-0.25, -0.2) is 4.39 Å². The van der Waals surface area contributed by atoms with Crippen LogP contribution in [0.25, 0.3) is 16.6 Å². The van der Waals surface area contributed by atoms with Crippen LogP contribution in [0.2, 0.25) is 0 Å². The first-order valence-electron chi connectivity index (χ1n) is 10.4. The molecule has 34 heavy (non-hydrogen) atoms. The van der Waals surface area contributed by atoms with Gasteiger partial charge in [0.05, 0.1) is 32.2 Å². The Balaban J connectivity index is 1.96. The molecule has 0 spiro atoms. The van der Waals surface area contributed by atoms with Crippen molar-refractivity contribution in [3.8, 4) is 22.9 Å². The van der Waals surface area contributed by atoms with Crippen molar-refractivity contribution in [3.63, 3.8) is 0 Å². The molecule has 1 amide bonds. The predicted octanol–water partition coefficient (Wildman–Crippen LogP) is 4.43. The lowest BCUT2D eigenvalue weighted by atomic mass is 10.1. The second-order valence-electron chi connectivity index (χ2n) is 7.50. The molecule has 1 aromatic heterocycles. The van der Waals surface area contributed by atoms with E-state index in [0.29, 0.717) is 34.1 Å². The summed E-state index contributed by atoms with van der Waals surface area (Å²) in [5.74, 6) is 0.526.